The Labute approximate surface area is 209 Å². The van der Waals surface area contributed by atoms with Crippen molar-refractivity contribution in [1.82, 2.24) is 0 Å². The third-order valence-corrected chi connectivity index (χ3v) is 7.01. The quantitative estimate of drug-likeness (QED) is 0.0902. The zero-order chi connectivity index (χ0) is 25.3. The fourth-order valence-corrected chi connectivity index (χ4v) is 4.52. The van der Waals surface area contributed by atoms with Crippen LogP contribution in [0.15, 0.2) is 0 Å². The maximum absolute atomic E-state index is 9.58. The molecule has 0 aromatic heterocycles. The van der Waals surface area contributed by atoms with Gasteiger partial charge < -0.3 is 30.6 Å². The summed E-state index contributed by atoms with van der Waals surface area (Å²) in [6.45, 7) is -0.726. The Kier molecular flexibility index (Phi) is 25.7. The first-order valence-electron chi connectivity index (χ1n) is 14.5. The first-order chi connectivity index (χ1) is 16.5. The lowest BCUT2D eigenvalue weighted by Crippen LogP contribution is -2.28. The summed E-state index contributed by atoms with van der Waals surface area (Å²) in [7, 11) is 0. The lowest BCUT2D eigenvalue weighted by molar-refractivity contribution is -0.0185. The number of hydrogen-bond acceptors (Lipinski definition) is 6. The molecule has 0 amide bonds. The second-order valence-electron chi connectivity index (χ2n) is 10.3. The molecule has 0 heterocycles. The third-order valence-electron chi connectivity index (χ3n) is 7.01. The molecule has 206 valence electrons. The van der Waals surface area contributed by atoms with E-state index in [1.807, 2.05) is 0 Å². The van der Waals surface area contributed by atoms with Gasteiger partial charge in [-0.3, -0.25) is 0 Å². The van der Waals surface area contributed by atoms with Crippen LogP contribution < -0.4 is 0 Å². The van der Waals surface area contributed by atoms with Crippen molar-refractivity contribution in [2.24, 2.45) is 0 Å². The molecule has 0 saturated carbocycles. The van der Waals surface area contributed by atoms with Gasteiger partial charge in [0.05, 0.1) is 25.4 Å². The molecule has 6 N–H and O–H groups in total. The molecule has 0 bridgehead atoms. The average Bonchev–Trinajstić information content (AvgIpc) is 2.85. The minimum Gasteiger partial charge on any atom is -0.394 e. The second-order valence-corrected chi connectivity index (χ2v) is 10.3. The fourth-order valence-electron chi connectivity index (χ4n) is 4.52. The maximum Gasteiger partial charge on any atom is 0.103 e. The van der Waals surface area contributed by atoms with Crippen molar-refractivity contribution in [3.63, 3.8) is 0 Å². The van der Waals surface area contributed by atoms with Crippen LogP contribution in [-0.2, 0) is 0 Å². The molecule has 0 aliphatic rings. The van der Waals surface area contributed by atoms with E-state index in [4.69, 9.17) is 10.2 Å². The fraction of sp³-hybridized carbons (Fsp3) is 1.00. The van der Waals surface area contributed by atoms with E-state index >= 15 is 0 Å². The number of rotatable bonds is 27. The first-order valence-corrected chi connectivity index (χ1v) is 14.5. The van der Waals surface area contributed by atoms with Crippen LogP contribution in [0.25, 0.3) is 0 Å². The second kappa shape index (κ2) is 25.8. The molecule has 6 heteroatoms. The van der Waals surface area contributed by atoms with Crippen molar-refractivity contribution >= 4 is 0 Å². The Hall–Kier alpha value is -0.240. The predicted octanol–water partition coefficient (Wildman–Crippen LogP) is 5.00. The molecule has 0 aromatic carbocycles. The first kappa shape index (κ1) is 33.8. The molecule has 0 spiro atoms. The Morgan fingerprint density at radius 1 is 0.265 bits per heavy atom. The van der Waals surface area contributed by atoms with Crippen molar-refractivity contribution in [3.05, 3.63) is 0 Å². The van der Waals surface area contributed by atoms with Gasteiger partial charge in [0.1, 0.15) is 12.2 Å². The summed E-state index contributed by atoms with van der Waals surface area (Å²) in [5.74, 6) is 0. The van der Waals surface area contributed by atoms with Crippen LogP contribution >= 0.6 is 0 Å². The van der Waals surface area contributed by atoms with E-state index in [2.05, 4.69) is 0 Å². The largest absolute Gasteiger partial charge is 0.394 e. The molecular weight excluding hydrogens is 432 g/mol. The van der Waals surface area contributed by atoms with Crippen molar-refractivity contribution in [1.29, 1.82) is 0 Å². The van der Waals surface area contributed by atoms with Gasteiger partial charge >= 0.3 is 0 Å². The molecule has 0 aromatic rings. The van der Waals surface area contributed by atoms with E-state index in [9.17, 15) is 20.4 Å². The smallest absolute Gasteiger partial charge is 0.103 e. The molecule has 6 nitrogen and oxygen atoms in total. The number of hydrogen-bond donors (Lipinski definition) is 6. The van der Waals surface area contributed by atoms with E-state index in [0.29, 0.717) is 12.8 Å². The number of unbranched alkanes of at least 4 members (excludes halogenated alkanes) is 19. The molecule has 0 fully saturated rings. The molecule has 34 heavy (non-hydrogen) atoms. The molecule has 0 radical (unpaired) electrons. The maximum atomic E-state index is 9.58. The van der Waals surface area contributed by atoms with E-state index in [1.54, 1.807) is 0 Å². The van der Waals surface area contributed by atoms with E-state index < -0.39 is 24.4 Å². The molecule has 4 unspecified atom stereocenters. The average molecular weight is 491 g/mol. The van der Waals surface area contributed by atoms with E-state index in [0.717, 1.165) is 25.7 Å². The van der Waals surface area contributed by atoms with Gasteiger partial charge in [-0.1, -0.05) is 128 Å². The van der Waals surface area contributed by atoms with Gasteiger partial charge in [0.2, 0.25) is 0 Å². The zero-order valence-electron chi connectivity index (χ0n) is 22.0. The minimum absolute atomic E-state index is 0.363. The van der Waals surface area contributed by atoms with Gasteiger partial charge in [-0.15, -0.1) is 0 Å². The summed E-state index contributed by atoms with van der Waals surface area (Å²) in [5.41, 5.74) is 0. The lowest BCUT2D eigenvalue weighted by Gasteiger charge is -2.14. The van der Waals surface area contributed by atoms with Crippen molar-refractivity contribution in [3.8, 4) is 0 Å². The standard InChI is InChI=1S/C28H58O6/c29-23-27(33)25(31)21-19-17-15-13-11-9-7-5-3-1-2-4-6-8-10-12-14-16-18-20-22-26(32)28(34)24-30/h25-34H,1-24H2. The van der Waals surface area contributed by atoms with E-state index in [-0.39, 0.29) is 13.2 Å². The normalized spacial score (nSPS) is 15.4. The van der Waals surface area contributed by atoms with Gasteiger partial charge in [0, 0.05) is 0 Å². The van der Waals surface area contributed by atoms with Crippen LogP contribution in [0, 0.1) is 0 Å². The Bertz CT molecular complexity index is 359. The highest BCUT2D eigenvalue weighted by molar-refractivity contribution is 4.66. The molecule has 0 aliphatic heterocycles. The molecule has 0 aliphatic carbocycles. The molecular formula is C28H58O6. The summed E-state index contributed by atoms with van der Waals surface area (Å²) < 4.78 is 0. The van der Waals surface area contributed by atoms with Crippen LogP contribution in [0.5, 0.6) is 0 Å². The summed E-state index contributed by atoms with van der Waals surface area (Å²) in [4.78, 5) is 0. The summed E-state index contributed by atoms with van der Waals surface area (Å²) >= 11 is 0. The topological polar surface area (TPSA) is 121 Å². The Balaban J connectivity index is 3.14. The van der Waals surface area contributed by atoms with Gasteiger partial charge in [-0.05, 0) is 12.8 Å². The van der Waals surface area contributed by atoms with Crippen molar-refractivity contribution < 1.29 is 30.6 Å². The van der Waals surface area contributed by atoms with Crippen molar-refractivity contribution in [2.45, 2.75) is 166 Å². The molecule has 0 saturated heterocycles. The lowest BCUT2D eigenvalue weighted by atomic mass is 10.0. The molecule has 0 rings (SSSR count). The van der Waals surface area contributed by atoms with Gasteiger partial charge in [0.25, 0.3) is 0 Å². The monoisotopic (exact) mass is 490 g/mol. The SMILES string of the molecule is OCC(O)C(O)CCCCCCCCCCCCCCCCCCCCCCC(O)C(O)CO. The summed E-state index contributed by atoms with van der Waals surface area (Å²) in [5, 5.41) is 55.3. The van der Waals surface area contributed by atoms with E-state index in [1.165, 1.54) is 103 Å². The highest BCUT2D eigenvalue weighted by atomic mass is 16.4. The highest BCUT2D eigenvalue weighted by Gasteiger charge is 2.14. The van der Waals surface area contributed by atoms with Crippen LogP contribution in [0.3, 0.4) is 0 Å². The van der Waals surface area contributed by atoms with Crippen LogP contribution in [0.2, 0.25) is 0 Å². The molecule has 4 atom stereocenters. The predicted molar refractivity (Wildman–Crippen MR) is 140 cm³/mol. The van der Waals surface area contributed by atoms with Crippen molar-refractivity contribution in [2.75, 3.05) is 13.2 Å². The van der Waals surface area contributed by atoms with Gasteiger partial charge in [-0.25, -0.2) is 0 Å². The minimum atomic E-state index is -0.991. The van der Waals surface area contributed by atoms with Gasteiger partial charge in [-0.2, -0.15) is 0 Å². The number of aliphatic hydroxyl groups is 6. The Morgan fingerprint density at radius 2 is 0.441 bits per heavy atom. The third kappa shape index (κ3) is 22.2. The highest BCUT2D eigenvalue weighted by Crippen LogP contribution is 2.16. The zero-order valence-corrected chi connectivity index (χ0v) is 22.0. The van der Waals surface area contributed by atoms with Gasteiger partial charge in [0.15, 0.2) is 0 Å². The Morgan fingerprint density at radius 3 is 0.618 bits per heavy atom. The van der Waals surface area contributed by atoms with Crippen LogP contribution in [-0.4, -0.2) is 68.3 Å². The van der Waals surface area contributed by atoms with Crippen LogP contribution in [0.4, 0.5) is 0 Å². The summed E-state index contributed by atoms with van der Waals surface area (Å²) in [6, 6.07) is 0. The van der Waals surface area contributed by atoms with Crippen LogP contribution in [0.1, 0.15) is 141 Å². The summed E-state index contributed by atoms with van der Waals surface area (Å²) in [6.07, 6.45) is 22.7. The number of aliphatic hydroxyl groups excluding tert-OH is 6.